The molecule has 0 spiro atoms. The molecule has 2 aromatic carbocycles. The van der Waals surface area contributed by atoms with E-state index in [4.69, 9.17) is 21.3 Å². The summed E-state index contributed by atoms with van der Waals surface area (Å²) in [6, 6.07) is 18.5. The molecule has 0 aliphatic rings. The third kappa shape index (κ3) is 3.81. The molecular weight excluding hydrogens is 372 g/mol. The molecule has 0 amide bonds. The van der Waals surface area contributed by atoms with Gasteiger partial charge in [-0.25, -0.2) is 8.42 Å². The van der Waals surface area contributed by atoms with E-state index < -0.39 is 10.0 Å². The highest BCUT2D eigenvalue weighted by atomic mass is 35.5. The van der Waals surface area contributed by atoms with Crippen LogP contribution in [0.2, 0.25) is 5.02 Å². The summed E-state index contributed by atoms with van der Waals surface area (Å²) in [5.74, 6) is 1.16. The number of benzene rings is 2. The fourth-order valence-electron chi connectivity index (χ4n) is 2.42. The smallest absolute Gasteiger partial charge is 0.243 e. The van der Waals surface area contributed by atoms with Crippen LogP contribution in [0, 0.1) is 11.3 Å². The van der Waals surface area contributed by atoms with Crippen molar-refractivity contribution in [3.63, 3.8) is 0 Å². The van der Waals surface area contributed by atoms with Crippen LogP contribution in [0.15, 0.2) is 70.0 Å². The Morgan fingerprint density at radius 3 is 2.31 bits per heavy atom. The minimum atomic E-state index is -3.68. The fourth-order valence-corrected chi connectivity index (χ4v) is 3.68. The molecule has 0 bridgehead atoms. The summed E-state index contributed by atoms with van der Waals surface area (Å²) < 4.78 is 32.2. The van der Waals surface area contributed by atoms with E-state index in [0.29, 0.717) is 22.1 Å². The summed E-state index contributed by atoms with van der Waals surface area (Å²) in [6.45, 7) is 0.0932. The number of hydrogen-bond acceptors (Lipinski definition) is 4. The SMILES string of the molecule is CN(Cc1ccc(-c2ccc(Cl)cc2)o1)S(=O)(=O)c1ccc(C#N)cc1. The van der Waals surface area contributed by atoms with Crippen molar-refractivity contribution >= 4 is 21.6 Å². The number of rotatable bonds is 5. The highest BCUT2D eigenvalue weighted by Gasteiger charge is 2.22. The predicted molar refractivity (Wildman–Crippen MR) is 99.0 cm³/mol. The van der Waals surface area contributed by atoms with Gasteiger partial charge in [0.05, 0.1) is 23.1 Å². The van der Waals surface area contributed by atoms with Gasteiger partial charge in [-0.05, 0) is 60.7 Å². The molecule has 0 aliphatic carbocycles. The zero-order chi connectivity index (χ0) is 18.7. The molecule has 0 saturated heterocycles. The van der Waals surface area contributed by atoms with E-state index in [0.717, 1.165) is 5.56 Å². The number of halogens is 1. The Kier molecular flexibility index (Phi) is 5.14. The first-order chi connectivity index (χ1) is 12.4. The van der Waals surface area contributed by atoms with Crippen LogP contribution < -0.4 is 0 Å². The van der Waals surface area contributed by atoms with Crippen LogP contribution >= 0.6 is 11.6 Å². The topological polar surface area (TPSA) is 74.3 Å². The molecular formula is C19H15ClN2O3S. The molecule has 0 unspecified atom stereocenters. The minimum Gasteiger partial charge on any atom is -0.460 e. The predicted octanol–water partition coefficient (Wildman–Crippen LogP) is 4.29. The standard InChI is InChI=1S/C19H15ClN2O3S/c1-22(26(23,24)18-9-2-14(12-21)3-10-18)13-17-8-11-19(25-17)15-4-6-16(20)7-5-15/h2-11H,13H2,1H3. The maximum Gasteiger partial charge on any atom is 0.243 e. The molecule has 0 radical (unpaired) electrons. The molecule has 3 aromatic rings. The van der Waals surface area contributed by atoms with Gasteiger partial charge in [-0.1, -0.05) is 11.6 Å². The second-order valence-corrected chi connectivity index (χ2v) is 8.15. The van der Waals surface area contributed by atoms with Gasteiger partial charge >= 0.3 is 0 Å². The van der Waals surface area contributed by atoms with Crippen molar-refractivity contribution in [2.75, 3.05) is 7.05 Å². The first kappa shape index (κ1) is 18.2. The van der Waals surface area contributed by atoms with Crippen LogP contribution in [-0.4, -0.2) is 19.8 Å². The first-order valence-electron chi connectivity index (χ1n) is 7.71. The van der Waals surface area contributed by atoms with E-state index in [1.54, 1.807) is 24.3 Å². The normalized spacial score (nSPS) is 11.5. The van der Waals surface area contributed by atoms with Crippen LogP contribution in [0.3, 0.4) is 0 Å². The molecule has 132 valence electrons. The quantitative estimate of drug-likeness (QED) is 0.655. The molecule has 1 heterocycles. The monoisotopic (exact) mass is 386 g/mol. The Bertz CT molecular complexity index is 1050. The van der Waals surface area contributed by atoms with E-state index >= 15 is 0 Å². The summed E-state index contributed by atoms with van der Waals surface area (Å²) >= 11 is 5.88. The fraction of sp³-hybridized carbons (Fsp3) is 0.105. The Balaban J connectivity index is 1.78. The Morgan fingerprint density at radius 1 is 1.04 bits per heavy atom. The maximum absolute atomic E-state index is 12.6. The van der Waals surface area contributed by atoms with E-state index in [2.05, 4.69) is 0 Å². The second-order valence-electron chi connectivity index (χ2n) is 5.67. The summed E-state index contributed by atoms with van der Waals surface area (Å²) in [5.41, 5.74) is 1.27. The summed E-state index contributed by atoms with van der Waals surface area (Å²) in [7, 11) is -2.19. The lowest BCUT2D eigenvalue weighted by atomic mass is 10.2. The van der Waals surface area contributed by atoms with Gasteiger partial charge < -0.3 is 4.42 Å². The van der Waals surface area contributed by atoms with Crippen LogP contribution in [0.4, 0.5) is 0 Å². The molecule has 0 N–H and O–H groups in total. The van der Waals surface area contributed by atoms with Crippen molar-refractivity contribution in [1.29, 1.82) is 5.26 Å². The summed E-state index contributed by atoms with van der Waals surface area (Å²) in [6.07, 6.45) is 0. The highest BCUT2D eigenvalue weighted by Crippen LogP contribution is 2.25. The number of furan rings is 1. The Hall–Kier alpha value is -2.59. The van der Waals surface area contributed by atoms with Crippen molar-refractivity contribution < 1.29 is 12.8 Å². The number of sulfonamides is 1. The van der Waals surface area contributed by atoms with Gasteiger partial charge in [0.25, 0.3) is 0 Å². The van der Waals surface area contributed by atoms with Crippen molar-refractivity contribution in [3.8, 4) is 17.4 Å². The average Bonchev–Trinajstić information content (AvgIpc) is 3.10. The van der Waals surface area contributed by atoms with Crippen LogP contribution in [0.25, 0.3) is 11.3 Å². The largest absolute Gasteiger partial charge is 0.460 e. The van der Waals surface area contributed by atoms with Crippen molar-refractivity contribution in [2.24, 2.45) is 0 Å². The third-order valence-corrected chi connectivity index (χ3v) is 5.93. The van der Waals surface area contributed by atoms with E-state index in [1.807, 2.05) is 18.2 Å². The van der Waals surface area contributed by atoms with Crippen LogP contribution in [0.1, 0.15) is 11.3 Å². The molecule has 26 heavy (non-hydrogen) atoms. The zero-order valence-electron chi connectivity index (χ0n) is 13.9. The average molecular weight is 387 g/mol. The van der Waals surface area contributed by atoms with Gasteiger partial charge in [0, 0.05) is 17.6 Å². The lowest BCUT2D eigenvalue weighted by Gasteiger charge is -2.16. The van der Waals surface area contributed by atoms with Crippen molar-refractivity contribution in [2.45, 2.75) is 11.4 Å². The highest BCUT2D eigenvalue weighted by molar-refractivity contribution is 7.89. The number of hydrogen-bond donors (Lipinski definition) is 0. The molecule has 3 rings (SSSR count). The van der Waals surface area contributed by atoms with Gasteiger partial charge in [-0.15, -0.1) is 0 Å². The first-order valence-corrected chi connectivity index (χ1v) is 9.53. The van der Waals surface area contributed by atoms with Gasteiger partial charge in [0.1, 0.15) is 11.5 Å². The van der Waals surface area contributed by atoms with Crippen molar-refractivity contribution in [1.82, 2.24) is 4.31 Å². The lowest BCUT2D eigenvalue weighted by Crippen LogP contribution is -2.26. The third-order valence-electron chi connectivity index (χ3n) is 3.86. The zero-order valence-corrected chi connectivity index (χ0v) is 15.5. The van der Waals surface area contributed by atoms with Gasteiger partial charge in [-0.2, -0.15) is 9.57 Å². The van der Waals surface area contributed by atoms with Crippen LogP contribution in [0.5, 0.6) is 0 Å². The van der Waals surface area contributed by atoms with Gasteiger partial charge in [0.2, 0.25) is 10.0 Å². The summed E-state index contributed by atoms with van der Waals surface area (Å²) in [4.78, 5) is 0.128. The van der Waals surface area contributed by atoms with E-state index in [1.165, 1.54) is 35.6 Å². The van der Waals surface area contributed by atoms with E-state index in [-0.39, 0.29) is 11.4 Å². The van der Waals surface area contributed by atoms with Crippen LogP contribution in [-0.2, 0) is 16.6 Å². The maximum atomic E-state index is 12.6. The number of nitrogens with zero attached hydrogens (tertiary/aromatic N) is 2. The second kappa shape index (κ2) is 7.34. The molecule has 5 nitrogen and oxygen atoms in total. The Labute approximate surface area is 157 Å². The molecule has 0 fully saturated rings. The van der Waals surface area contributed by atoms with Crippen molar-refractivity contribution in [3.05, 3.63) is 77.0 Å². The van der Waals surface area contributed by atoms with Gasteiger partial charge in [0.15, 0.2) is 0 Å². The molecule has 1 aromatic heterocycles. The lowest BCUT2D eigenvalue weighted by molar-refractivity contribution is 0.410. The minimum absolute atomic E-state index is 0.0932. The van der Waals surface area contributed by atoms with E-state index in [9.17, 15) is 8.42 Å². The molecule has 0 aliphatic heterocycles. The Morgan fingerprint density at radius 2 is 1.69 bits per heavy atom. The molecule has 0 atom stereocenters. The molecule has 7 heteroatoms. The van der Waals surface area contributed by atoms with Gasteiger partial charge in [-0.3, -0.25) is 0 Å². The number of nitriles is 1. The summed E-state index contributed by atoms with van der Waals surface area (Å²) in [5, 5.41) is 9.45. The molecule has 0 saturated carbocycles.